The van der Waals surface area contributed by atoms with Gasteiger partial charge in [-0.15, -0.1) is 0 Å². The standard InChI is InChI=1S/C30H27O6P/c1-16(31)22-10-7-13-25(28(22)19(4)34)37(26-14-8-11-23(17(2)32)29(26)20(5)35)27-15-9-12-24(18(3)33)30(27)21(6)36/h7-15H,1-6H3. The van der Waals surface area contributed by atoms with Crippen molar-refractivity contribution in [3.05, 3.63) is 88.0 Å². The lowest BCUT2D eigenvalue weighted by Crippen LogP contribution is -2.32. The Bertz CT molecular complexity index is 1320. The lowest BCUT2D eigenvalue weighted by Gasteiger charge is -2.27. The normalized spacial score (nSPS) is 10.8. The zero-order valence-electron chi connectivity index (χ0n) is 21.6. The van der Waals surface area contributed by atoms with Crippen molar-refractivity contribution in [2.24, 2.45) is 0 Å². The average Bonchev–Trinajstić information content (AvgIpc) is 2.83. The van der Waals surface area contributed by atoms with Gasteiger partial charge >= 0.3 is 0 Å². The minimum atomic E-state index is -1.85. The smallest absolute Gasteiger partial charge is 0.161 e. The summed E-state index contributed by atoms with van der Waals surface area (Å²) in [6.07, 6.45) is 0. The molecule has 0 radical (unpaired) electrons. The summed E-state index contributed by atoms with van der Waals surface area (Å²) in [5, 5.41) is 1.38. The third-order valence-electron chi connectivity index (χ3n) is 6.04. The molecule has 0 saturated carbocycles. The summed E-state index contributed by atoms with van der Waals surface area (Å²) in [7, 11) is -1.85. The Labute approximate surface area is 216 Å². The zero-order valence-corrected chi connectivity index (χ0v) is 22.5. The quantitative estimate of drug-likeness (QED) is 0.304. The first-order chi connectivity index (χ1) is 17.4. The van der Waals surface area contributed by atoms with Gasteiger partial charge in [-0.2, -0.15) is 0 Å². The van der Waals surface area contributed by atoms with Crippen LogP contribution in [0.25, 0.3) is 0 Å². The van der Waals surface area contributed by atoms with Crippen molar-refractivity contribution in [2.45, 2.75) is 41.5 Å². The van der Waals surface area contributed by atoms with Gasteiger partial charge < -0.3 is 0 Å². The first kappa shape index (κ1) is 27.7. The van der Waals surface area contributed by atoms with E-state index in [1.807, 2.05) is 0 Å². The molecule has 3 aromatic rings. The molecule has 0 aliphatic carbocycles. The minimum absolute atomic E-state index is 0.187. The van der Waals surface area contributed by atoms with Gasteiger partial charge in [-0.1, -0.05) is 54.6 Å². The Balaban J connectivity index is 2.64. The van der Waals surface area contributed by atoms with Gasteiger partial charge in [0.2, 0.25) is 0 Å². The van der Waals surface area contributed by atoms with Crippen molar-refractivity contribution in [1.29, 1.82) is 0 Å². The molecule has 188 valence electrons. The Morgan fingerprint density at radius 3 is 0.838 bits per heavy atom. The number of hydrogen-bond acceptors (Lipinski definition) is 6. The Morgan fingerprint density at radius 1 is 0.405 bits per heavy atom. The van der Waals surface area contributed by atoms with Crippen LogP contribution in [-0.2, 0) is 0 Å². The first-order valence-electron chi connectivity index (χ1n) is 11.6. The van der Waals surface area contributed by atoms with Gasteiger partial charge in [-0.3, -0.25) is 28.8 Å². The molecule has 0 amide bonds. The third-order valence-corrected chi connectivity index (χ3v) is 8.61. The van der Waals surface area contributed by atoms with E-state index in [-0.39, 0.29) is 68.1 Å². The fourth-order valence-electron chi connectivity index (χ4n) is 4.56. The number of carbonyl (C=O) groups is 6. The second kappa shape index (κ2) is 11.0. The summed E-state index contributed by atoms with van der Waals surface area (Å²) in [5.41, 5.74) is 1.22. The number of carbonyl (C=O) groups excluding carboxylic acids is 6. The predicted molar refractivity (Wildman–Crippen MR) is 145 cm³/mol. The Hall–Kier alpha value is -3.89. The lowest BCUT2D eigenvalue weighted by atomic mass is 10.0. The van der Waals surface area contributed by atoms with E-state index in [1.54, 1.807) is 54.6 Å². The number of ketones is 6. The van der Waals surface area contributed by atoms with Crippen molar-refractivity contribution in [3.63, 3.8) is 0 Å². The molecule has 0 spiro atoms. The van der Waals surface area contributed by atoms with Crippen LogP contribution in [0.4, 0.5) is 0 Å². The highest BCUT2D eigenvalue weighted by Crippen LogP contribution is 2.39. The Kier molecular flexibility index (Phi) is 8.25. The third kappa shape index (κ3) is 5.30. The van der Waals surface area contributed by atoms with E-state index in [1.165, 1.54) is 41.5 Å². The van der Waals surface area contributed by atoms with Gasteiger partial charge in [0.25, 0.3) is 0 Å². The van der Waals surface area contributed by atoms with Gasteiger partial charge in [0.1, 0.15) is 0 Å². The molecule has 0 bridgehead atoms. The number of hydrogen-bond donors (Lipinski definition) is 0. The van der Waals surface area contributed by atoms with Gasteiger partial charge in [0.05, 0.1) is 0 Å². The maximum atomic E-state index is 13.0. The molecule has 7 heteroatoms. The predicted octanol–water partition coefficient (Wildman–Crippen LogP) is 4.66. The molecule has 0 fully saturated rings. The molecule has 0 aromatic heterocycles. The van der Waals surface area contributed by atoms with Crippen LogP contribution in [-0.4, -0.2) is 34.7 Å². The van der Waals surface area contributed by atoms with Crippen LogP contribution in [0, 0.1) is 0 Å². The fraction of sp³-hybridized carbons (Fsp3) is 0.200. The van der Waals surface area contributed by atoms with Crippen LogP contribution in [0.1, 0.15) is 104 Å². The first-order valence-corrected chi connectivity index (χ1v) is 13.0. The number of benzene rings is 3. The van der Waals surface area contributed by atoms with Gasteiger partial charge in [0, 0.05) is 33.4 Å². The topological polar surface area (TPSA) is 102 Å². The average molecular weight is 515 g/mol. The SMILES string of the molecule is CC(=O)c1cccc(P(c2cccc(C(C)=O)c2C(C)=O)c2cccc(C(C)=O)c2C(C)=O)c1C(C)=O. The molecule has 0 unspecified atom stereocenters. The summed E-state index contributed by atoms with van der Waals surface area (Å²) in [6, 6.07) is 14.7. The maximum absolute atomic E-state index is 13.0. The molecule has 6 nitrogen and oxygen atoms in total. The molecule has 0 aliphatic heterocycles. The lowest BCUT2D eigenvalue weighted by molar-refractivity contribution is 0.0981. The van der Waals surface area contributed by atoms with Crippen molar-refractivity contribution >= 4 is 58.5 Å². The van der Waals surface area contributed by atoms with Crippen LogP contribution in [0.3, 0.4) is 0 Å². The summed E-state index contributed by atoms with van der Waals surface area (Å²) >= 11 is 0. The van der Waals surface area contributed by atoms with Crippen molar-refractivity contribution in [1.82, 2.24) is 0 Å². The summed E-state index contributed by atoms with van der Waals surface area (Å²) in [6.45, 7) is 8.16. The summed E-state index contributed by atoms with van der Waals surface area (Å²) in [4.78, 5) is 76.4. The van der Waals surface area contributed by atoms with Gasteiger partial charge in [0.15, 0.2) is 34.7 Å². The van der Waals surface area contributed by atoms with E-state index in [0.717, 1.165) is 0 Å². The number of Topliss-reactive ketones (excluding diaryl/α,β-unsaturated/α-hetero) is 6. The monoisotopic (exact) mass is 514 g/mol. The molecular weight excluding hydrogens is 487 g/mol. The molecule has 3 aromatic carbocycles. The highest BCUT2D eigenvalue weighted by Gasteiger charge is 2.32. The van der Waals surface area contributed by atoms with Gasteiger partial charge in [-0.25, -0.2) is 0 Å². The van der Waals surface area contributed by atoms with E-state index in [2.05, 4.69) is 0 Å². The second-order valence-corrected chi connectivity index (χ2v) is 10.9. The van der Waals surface area contributed by atoms with Crippen molar-refractivity contribution in [2.75, 3.05) is 0 Å². The van der Waals surface area contributed by atoms with Gasteiger partial charge in [-0.05, 0) is 65.4 Å². The molecule has 0 heterocycles. The van der Waals surface area contributed by atoms with Crippen LogP contribution in [0.2, 0.25) is 0 Å². The molecule has 37 heavy (non-hydrogen) atoms. The summed E-state index contributed by atoms with van der Waals surface area (Å²) in [5.74, 6) is -1.99. The van der Waals surface area contributed by atoms with Crippen LogP contribution >= 0.6 is 7.92 Å². The van der Waals surface area contributed by atoms with Crippen molar-refractivity contribution in [3.8, 4) is 0 Å². The summed E-state index contributed by atoms with van der Waals surface area (Å²) < 4.78 is 0. The molecule has 0 aliphatic rings. The molecule has 0 N–H and O–H groups in total. The zero-order chi connectivity index (χ0) is 27.6. The highest BCUT2D eigenvalue weighted by atomic mass is 31.1. The molecule has 3 rings (SSSR count). The van der Waals surface area contributed by atoms with Crippen LogP contribution < -0.4 is 15.9 Å². The van der Waals surface area contributed by atoms with Crippen LogP contribution in [0.5, 0.6) is 0 Å². The van der Waals surface area contributed by atoms with E-state index in [4.69, 9.17) is 0 Å². The molecule has 0 saturated heterocycles. The Morgan fingerprint density at radius 2 is 0.649 bits per heavy atom. The van der Waals surface area contributed by atoms with E-state index in [0.29, 0.717) is 15.9 Å². The van der Waals surface area contributed by atoms with Crippen molar-refractivity contribution < 1.29 is 28.8 Å². The minimum Gasteiger partial charge on any atom is -0.294 e. The fourth-order valence-corrected chi connectivity index (χ4v) is 7.55. The van der Waals surface area contributed by atoms with E-state index >= 15 is 0 Å². The maximum Gasteiger partial charge on any atom is 0.161 e. The van der Waals surface area contributed by atoms with E-state index in [9.17, 15) is 28.8 Å². The van der Waals surface area contributed by atoms with E-state index < -0.39 is 7.92 Å². The number of rotatable bonds is 9. The molecular formula is C30H27O6P. The second-order valence-electron chi connectivity index (χ2n) is 8.77. The van der Waals surface area contributed by atoms with Crippen LogP contribution in [0.15, 0.2) is 54.6 Å². The largest absolute Gasteiger partial charge is 0.294 e. The molecule has 0 atom stereocenters. The highest BCUT2D eigenvalue weighted by molar-refractivity contribution is 7.80.